The van der Waals surface area contributed by atoms with Gasteiger partial charge in [-0.05, 0) is 42.8 Å². The third-order valence-electron chi connectivity index (χ3n) is 2.54. The number of aryl methyl sites for hydroxylation is 1. The fourth-order valence-corrected chi connectivity index (χ4v) is 1.74. The van der Waals surface area contributed by atoms with Gasteiger partial charge in [-0.25, -0.2) is 0 Å². The lowest BCUT2D eigenvalue weighted by Crippen LogP contribution is -2.16. The summed E-state index contributed by atoms with van der Waals surface area (Å²) in [5.74, 6) is -0.319. The van der Waals surface area contributed by atoms with Gasteiger partial charge in [-0.1, -0.05) is 0 Å². The average Bonchev–Trinajstić information content (AvgIpc) is 2.38. The first-order valence-electron chi connectivity index (χ1n) is 5.67. The van der Waals surface area contributed by atoms with Crippen LogP contribution in [0.3, 0.4) is 0 Å². The van der Waals surface area contributed by atoms with Gasteiger partial charge in [0.25, 0.3) is 0 Å². The highest BCUT2D eigenvalue weighted by Crippen LogP contribution is 2.27. The molecule has 1 aromatic carbocycles. The highest BCUT2D eigenvalue weighted by molar-refractivity contribution is 5.85. The number of rotatable bonds is 3. The molecule has 0 atom stereocenters. The Bertz CT molecular complexity index is 621. The van der Waals surface area contributed by atoms with Crippen molar-refractivity contribution >= 4 is 6.29 Å². The molecule has 2 rings (SSSR count). The number of hydrogen-bond acceptors (Lipinski definition) is 3. The van der Waals surface area contributed by atoms with Crippen LogP contribution in [-0.2, 0) is 0 Å². The van der Waals surface area contributed by atoms with E-state index < -0.39 is 6.36 Å². The molecule has 0 aliphatic heterocycles. The van der Waals surface area contributed by atoms with Gasteiger partial charge in [0.2, 0.25) is 0 Å². The molecule has 0 saturated heterocycles. The van der Waals surface area contributed by atoms with E-state index >= 15 is 0 Å². The number of aromatic nitrogens is 1. The van der Waals surface area contributed by atoms with E-state index in [4.69, 9.17) is 0 Å². The summed E-state index contributed by atoms with van der Waals surface area (Å²) in [6, 6.07) is 6.87. The number of halogens is 3. The van der Waals surface area contributed by atoms with Crippen LogP contribution in [0.15, 0.2) is 36.5 Å². The molecular weight excluding hydrogens is 271 g/mol. The molecule has 6 heteroatoms. The Morgan fingerprint density at radius 2 is 1.85 bits per heavy atom. The zero-order valence-corrected chi connectivity index (χ0v) is 10.4. The number of aldehydes is 1. The topological polar surface area (TPSA) is 39.2 Å². The number of nitrogens with zero attached hydrogens (tertiary/aromatic N) is 1. The Balaban J connectivity index is 2.33. The first kappa shape index (κ1) is 14.0. The van der Waals surface area contributed by atoms with Crippen LogP contribution in [-0.4, -0.2) is 17.6 Å². The molecular formula is C14H10F3NO2. The lowest BCUT2D eigenvalue weighted by Gasteiger charge is -2.10. The normalized spacial score (nSPS) is 11.2. The number of carbonyl (C=O) groups excluding carboxylic acids is 1. The van der Waals surface area contributed by atoms with E-state index in [1.165, 1.54) is 24.3 Å². The quantitative estimate of drug-likeness (QED) is 0.804. The second-order valence-corrected chi connectivity index (χ2v) is 4.14. The third-order valence-corrected chi connectivity index (χ3v) is 2.54. The van der Waals surface area contributed by atoms with Crippen LogP contribution in [0.2, 0.25) is 0 Å². The first-order valence-corrected chi connectivity index (χ1v) is 5.67. The Kier molecular flexibility index (Phi) is 3.74. The average molecular weight is 281 g/mol. The predicted octanol–water partition coefficient (Wildman–Crippen LogP) is 3.77. The van der Waals surface area contributed by atoms with Crippen molar-refractivity contribution < 1.29 is 22.7 Å². The van der Waals surface area contributed by atoms with Crippen molar-refractivity contribution in [3.63, 3.8) is 0 Å². The van der Waals surface area contributed by atoms with Crippen LogP contribution in [0.4, 0.5) is 13.2 Å². The van der Waals surface area contributed by atoms with Crippen LogP contribution in [0, 0.1) is 6.92 Å². The van der Waals surface area contributed by atoms with E-state index in [2.05, 4.69) is 9.72 Å². The van der Waals surface area contributed by atoms with E-state index in [1.54, 1.807) is 19.2 Å². The lowest BCUT2D eigenvalue weighted by atomic mass is 10.1. The van der Waals surface area contributed by atoms with Gasteiger partial charge in [0.05, 0.1) is 5.69 Å². The fraction of sp³-hybridized carbons (Fsp3) is 0.143. The molecule has 104 valence electrons. The summed E-state index contributed by atoms with van der Waals surface area (Å²) < 4.78 is 39.9. The van der Waals surface area contributed by atoms with Crippen LogP contribution in [0.5, 0.6) is 5.75 Å². The van der Waals surface area contributed by atoms with Gasteiger partial charge in [-0.3, -0.25) is 9.78 Å². The Morgan fingerprint density at radius 1 is 1.20 bits per heavy atom. The molecule has 0 spiro atoms. The van der Waals surface area contributed by atoms with Gasteiger partial charge >= 0.3 is 6.36 Å². The summed E-state index contributed by atoms with van der Waals surface area (Å²) in [7, 11) is 0. The summed E-state index contributed by atoms with van der Waals surface area (Å²) >= 11 is 0. The predicted molar refractivity (Wildman–Crippen MR) is 66.5 cm³/mol. The van der Waals surface area contributed by atoms with E-state index in [9.17, 15) is 18.0 Å². The SMILES string of the molecule is Cc1cnc(-c2ccc(OC(F)(F)F)cc2)c(C=O)c1. The van der Waals surface area contributed by atoms with Crippen molar-refractivity contribution in [2.24, 2.45) is 0 Å². The van der Waals surface area contributed by atoms with Crippen molar-refractivity contribution in [3.05, 3.63) is 47.7 Å². The molecule has 0 aliphatic rings. The maximum atomic E-state index is 12.0. The molecule has 0 saturated carbocycles. The van der Waals surface area contributed by atoms with E-state index in [1.807, 2.05) is 0 Å². The minimum Gasteiger partial charge on any atom is -0.406 e. The van der Waals surface area contributed by atoms with E-state index in [-0.39, 0.29) is 5.75 Å². The number of hydrogen-bond donors (Lipinski definition) is 0. The van der Waals surface area contributed by atoms with Crippen molar-refractivity contribution in [2.45, 2.75) is 13.3 Å². The fourth-order valence-electron chi connectivity index (χ4n) is 1.74. The molecule has 3 nitrogen and oxygen atoms in total. The zero-order valence-electron chi connectivity index (χ0n) is 10.4. The van der Waals surface area contributed by atoms with Crippen LogP contribution in [0.1, 0.15) is 15.9 Å². The molecule has 2 aromatic rings. The van der Waals surface area contributed by atoms with Crippen LogP contribution >= 0.6 is 0 Å². The molecule has 0 aliphatic carbocycles. The molecule has 0 N–H and O–H groups in total. The second kappa shape index (κ2) is 5.32. The highest BCUT2D eigenvalue weighted by Gasteiger charge is 2.30. The van der Waals surface area contributed by atoms with Gasteiger partial charge in [0.15, 0.2) is 6.29 Å². The Hall–Kier alpha value is -2.37. The lowest BCUT2D eigenvalue weighted by molar-refractivity contribution is -0.274. The molecule has 0 radical (unpaired) electrons. The van der Waals surface area contributed by atoms with Gasteiger partial charge < -0.3 is 4.74 Å². The van der Waals surface area contributed by atoms with Gasteiger partial charge in [-0.2, -0.15) is 0 Å². The highest BCUT2D eigenvalue weighted by atomic mass is 19.4. The van der Waals surface area contributed by atoms with Crippen molar-refractivity contribution in [3.8, 4) is 17.0 Å². The summed E-state index contributed by atoms with van der Waals surface area (Å²) in [6.45, 7) is 1.80. The summed E-state index contributed by atoms with van der Waals surface area (Å²) in [4.78, 5) is 15.1. The standard InChI is InChI=1S/C14H10F3NO2/c1-9-6-11(8-19)13(18-7-9)10-2-4-12(5-3-10)20-14(15,16)17/h2-8H,1H3. The van der Waals surface area contributed by atoms with E-state index in [0.717, 1.165) is 5.56 Å². The maximum Gasteiger partial charge on any atom is 0.573 e. The summed E-state index contributed by atoms with van der Waals surface area (Å²) in [6.07, 6.45) is -2.48. The number of carbonyl (C=O) groups is 1. The van der Waals surface area contributed by atoms with Crippen molar-refractivity contribution in [1.82, 2.24) is 4.98 Å². The van der Waals surface area contributed by atoms with Gasteiger partial charge in [0.1, 0.15) is 5.75 Å². The molecule has 0 bridgehead atoms. The summed E-state index contributed by atoms with van der Waals surface area (Å²) in [5, 5.41) is 0. The molecule has 20 heavy (non-hydrogen) atoms. The molecule has 0 amide bonds. The van der Waals surface area contributed by atoms with Crippen LogP contribution < -0.4 is 4.74 Å². The number of alkyl halides is 3. The van der Waals surface area contributed by atoms with Crippen molar-refractivity contribution in [2.75, 3.05) is 0 Å². The Morgan fingerprint density at radius 3 is 2.40 bits per heavy atom. The van der Waals surface area contributed by atoms with Gasteiger partial charge in [0, 0.05) is 17.3 Å². The van der Waals surface area contributed by atoms with Gasteiger partial charge in [-0.15, -0.1) is 13.2 Å². The monoisotopic (exact) mass is 281 g/mol. The number of benzene rings is 1. The second-order valence-electron chi connectivity index (χ2n) is 4.14. The Labute approximate surface area is 113 Å². The number of pyridine rings is 1. The minimum absolute atomic E-state index is 0.319. The van der Waals surface area contributed by atoms with E-state index in [0.29, 0.717) is 23.1 Å². The smallest absolute Gasteiger partial charge is 0.406 e. The van der Waals surface area contributed by atoms with Crippen LogP contribution in [0.25, 0.3) is 11.3 Å². The third kappa shape index (κ3) is 3.34. The van der Waals surface area contributed by atoms with Crippen molar-refractivity contribution in [1.29, 1.82) is 0 Å². The number of ether oxygens (including phenoxy) is 1. The summed E-state index contributed by atoms with van der Waals surface area (Å²) in [5.41, 5.74) is 2.17. The first-order chi connectivity index (χ1) is 9.39. The molecule has 0 unspecified atom stereocenters. The largest absolute Gasteiger partial charge is 0.573 e. The maximum absolute atomic E-state index is 12.0. The molecule has 0 fully saturated rings. The molecule has 1 aromatic heterocycles. The minimum atomic E-state index is -4.72. The zero-order chi connectivity index (χ0) is 14.8. The molecule has 1 heterocycles.